The molecule has 0 aliphatic rings. The number of hydrogen-bond donors (Lipinski definition) is 1. The lowest BCUT2D eigenvalue weighted by molar-refractivity contribution is 0.206. The van der Waals surface area contributed by atoms with E-state index < -0.39 is 6.10 Å². The highest BCUT2D eigenvalue weighted by Gasteiger charge is 2.19. The van der Waals surface area contributed by atoms with Gasteiger partial charge < -0.3 is 5.11 Å². The highest BCUT2D eigenvalue weighted by Crippen LogP contribution is 2.29. The Hall–Kier alpha value is -0.910. The van der Waals surface area contributed by atoms with E-state index in [1.807, 2.05) is 0 Å². The number of aromatic nitrogens is 3. The van der Waals surface area contributed by atoms with Gasteiger partial charge in [0, 0.05) is 12.7 Å². The van der Waals surface area contributed by atoms with Crippen LogP contribution in [0.3, 0.4) is 0 Å². The molecule has 96 valence electrons. The van der Waals surface area contributed by atoms with Gasteiger partial charge in [0.1, 0.15) is 11.3 Å². The van der Waals surface area contributed by atoms with Crippen LogP contribution < -0.4 is 0 Å². The summed E-state index contributed by atoms with van der Waals surface area (Å²) in [6, 6.07) is 3.40. The Morgan fingerprint density at radius 3 is 3.00 bits per heavy atom. The summed E-state index contributed by atoms with van der Waals surface area (Å²) in [7, 11) is 0. The largest absolute Gasteiger partial charge is 0.382 e. The molecule has 2 aromatic rings. The molecular formula is C12H13BrClN3O. The second-order valence-corrected chi connectivity index (χ2v) is 5.16. The molecule has 0 spiro atoms. The van der Waals surface area contributed by atoms with Gasteiger partial charge in [-0.2, -0.15) is 5.10 Å². The highest BCUT2D eigenvalue weighted by molar-refractivity contribution is 9.10. The first-order valence-corrected chi connectivity index (χ1v) is 6.81. The molecule has 2 rings (SSSR count). The Kier molecular flexibility index (Phi) is 4.37. The SMILES string of the molecule is CCCn1ncc(Br)c1C(O)c1ccnc(Cl)c1. The average molecular weight is 331 g/mol. The summed E-state index contributed by atoms with van der Waals surface area (Å²) >= 11 is 9.25. The second-order valence-electron chi connectivity index (χ2n) is 3.92. The zero-order valence-corrected chi connectivity index (χ0v) is 12.2. The molecule has 0 amide bonds. The average Bonchev–Trinajstić information content (AvgIpc) is 2.70. The van der Waals surface area contributed by atoms with Crippen LogP contribution in [0, 0.1) is 0 Å². The minimum atomic E-state index is -0.770. The Morgan fingerprint density at radius 1 is 1.56 bits per heavy atom. The summed E-state index contributed by atoms with van der Waals surface area (Å²) in [5.74, 6) is 0. The third-order valence-electron chi connectivity index (χ3n) is 2.59. The molecular weight excluding hydrogens is 318 g/mol. The third-order valence-corrected chi connectivity index (χ3v) is 3.41. The van der Waals surface area contributed by atoms with Gasteiger partial charge in [-0.05, 0) is 40.0 Å². The first-order chi connectivity index (χ1) is 8.63. The molecule has 0 aliphatic heterocycles. The van der Waals surface area contributed by atoms with E-state index in [0.717, 1.165) is 23.1 Å². The molecule has 0 fully saturated rings. The number of hydrogen-bond acceptors (Lipinski definition) is 3. The van der Waals surface area contributed by atoms with Crippen LogP contribution in [-0.4, -0.2) is 19.9 Å². The summed E-state index contributed by atoms with van der Waals surface area (Å²) < 4.78 is 2.58. The van der Waals surface area contributed by atoms with Crippen molar-refractivity contribution in [2.45, 2.75) is 26.0 Å². The van der Waals surface area contributed by atoms with Gasteiger partial charge >= 0.3 is 0 Å². The molecule has 1 atom stereocenters. The van der Waals surface area contributed by atoms with Crippen molar-refractivity contribution in [3.63, 3.8) is 0 Å². The van der Waals surface area contributed by atoms with E-state index in [2.05, 4.69) is 32.9 Å². The molecule has 1 N–H and O–H groups in total. The topological polar surface area (TPSA) is 50.9 Å². The number of aliphatic hydroxyl groups is 1. The minimum absolute atomic E-state index is 0.365. The lowest BCUT2D eigenvalue weighted by Crippen LogP contribution is -2.10. The van der Waals surface area contributed by atoms with Crippen molar-refractivity contribution in [3.8, 4) is 0 Å². The summed E-state index contributed by atoms with van der Waals surface area (Å²) in [6.45, 7) is 2.83. The second kappa shape index (κ2) is 5.82. The lowest BCUT2D eigenvalue weighted by Gasteiger charge is -2.14. The molecule has 2 aromatic heterocycles. The van der Waals surface area contributed by atoms with Crippen LogP contribution in [-0.2, 0) is 6.54 Å². The van der Waals surface area contributed by atoms with Crippen molar-refractivity contribution < 1.29 is 5.11 Å². The number of aliphatic hydroxyl groups excluding tert-OH is 1. The van der Waals surface area contributed by atoms with Gasteiger partial charge in [0.05, 0.1) is 16.4 Å². The first kappa shape index (κ1) is 13.5. The van der Waals surface area contributed by atoms with Crippen molar-refractivity contribution >= 4 is 27.5 Å². The van der Waals surface area contributed by atoms with Gasteiger partial charge in [0.15, 0.2) is 0 Å². The maximum absolute atomic E-state index is 10.4. The van der Waals surface area contributed by atoms with Crippen LogP contribution in [0.2, 0.25) is 5.15 Å². The highest BCUT2D eigenvalue weighted by atomic mass is 79.9. The molecule has 0 saturated heterocycles. The Morgan fingerprint density at radius 2 is 2.33 bits per heavy atom. The third kappa shape index (κ3) is 2.74. The monoisotopic (exact) mass is 329 g/mol. The molecule has 0 aliphatic carbocycles. The molecule has 0 radical (unpaired) electrons. The number of nitrogens with zero attached hydrogens (tertiary/aromatic N) is 3. The van der Waals surface area contributed by atoms with Crippen molar-refractivity contribution in [2.75, 3.05) is 0 Å². The molecule has 1 unspecified atom stereocenters. The van der Waals surface area contributed by atoms with Crippen LogP contribution in [0.5, 0.6) is 0 Å². The normalized spacial score (nSPS) is 12.7. The summed E-state index contributed by atoms with van der Waals surface area (Å²) in [6.07, 6.45) is 3.45. The first-order valence-electron chi connectivity index (χ1n) is 5.64. The summed E-state index contributed by atoms with van der Waals surface area (Å²) in [5, 5.41) is 15.0. The van der Waals surface area contributed by atoms with Crippen LogP contribution in [0.25, 0.3) is 0 Å². The predicted octanol–water partition coefficient (Wildman–Crippen LogP) is 3.19. The maximum atomic E-state index is 10.4. The van der Waals surface area contributed by atoms with Crippen molar-refractivity contribution in [3.05, 3.63) is 45.4 Å². The van der Waals surface area contributed by atoms with Crippen molar-refractivity contribution in [2.24, 2.45) is 0 Å². The number of rotatable bonds is 4. The van der Waals surface area contributed by atoms with E-state index in [1.54, 1.807) is 29.2 Å². The minimum Gasteiger partial charge on any atom is -0.382 e. The van der Waals surface area contributed by atoms with Crippen LogP contribution in [0.4, 0.5) is 0 Å². The van der Waals surface area contributed by atoms with Crippen molar-refractivity contribution in [1.82, 2.24) is 14.8 Å². The standard InChI is InChI=1S/C12H13BrClN3O/c1-2-5-17-11(9(13)7-16-17)12(18)8-3-4-15-10(14)6-8/h3-4,6-7,12,18H,2,5H2,1H3. The van der Waals surface area contributed by atoms with E-state index in [9.17, 15) is 5.11 Å². The Bertz CT molecular complexity index is 544. The van der Waals surface area contributed by atoms with E-state index in [-0.39, 0.29) is 0 Å². The summed E-state index contributed by atoms with van der Waals surface area (Å²) in [4.78, 5) is 3.90. The predicted molar refractivity (Wildman–Crippen MR) is 73.5 cm³/mol. The van der Waals surface area contributed by atoms with E-state index in [4.69, 9.17) is 11.6 Å². The van der Waals surface area contributed by atoms with Crippen molar-refractivity contribution in [1.29, 1.82) is 0 Å². The van der Waals surface area contributed by atoms with E-state index >= 15 is 0 Å². The summed E-state index contributed by atoms with van der Waals surface area (Å²) in [5.41, 5.74) is 1.44. The van der Waals surface area contributed by atoms with Crippen LogP contribution in [0.15, 0.2) is 29.0 Å². The van der Waals surface area contributed by atoms with Gasteiger partial charge in [-0.1, -0.05) is 18.5 Å². The fraction of sp³-hybridized carbons (Fsp3) is 0.333. The molecule has 0 aromatic carbocycles. The molecule has 2 heterocycles. The quantitative estimate of drug-likeness (QED) is 0.876. The Labute approximate surface area is 119 Å². The number of pyridine rings is 1. The Balaban J connectivity index is 2.39. The van der Waals surface area contributed by atoms with Gasteiger partial charge in [-0.25, -0.2) is 4.98 Å². The number of aryl methyl sites for hydroxylation is 1. The zero-order valence-electron chi connectivity index (χ0n) is 9.85. The molecule has 18 heavy (non-hydrogen) atoms. The molecule has 4 nitrogen and oxygen atoms in total. The fourth-order valence-electron chi connectivity index (χ4n) is 1.78. The van der Waals surface area contributed by atoms with Gasteiger partial charge in [-0.15, -0.1) is 0 Å². The zero-order chi connectivity index (χ0) is 13.1. The number of halogens is 2. The maximum Gasteiger partial charge on any atom is 0.129 e. The van der Waals surface area contributed by atoms with Gasteiger partial charge in [0.25, 0.3) is 0 Å². The van der Waals surface area contributed by atoms with Crippen LogP contribution in [0.1, 0.15) is 30.7 Å². The molecule has 6 heteroatoms. The van der Waals surface area contributed by atoms with E-state index in [0.29, 0.717) is 10.7 Å². The van der Waals surface area contributed by atoms with E-state index in [1.165, 1.54) is 0 Å². The van der Waals surface area contributed by atoms with Crippen LogP contribution >= 0.6 is 27.5 Å². The molecule has 0 saturated carbocycles. The van der Waals surface area contributed by atoms with Gasteiger partial charge in [-0.3, -0.25) is 4.68 Å². The molecule has 0 bridgehead atoms. The smallest absolute Gasteiger partial charge is 0.129 e. The fourth-order valence-corrected chi connectivity index (χ4v) is 2.47. The lowest BCUT2D eigenvalue weighted by atomic mass is 10.1. The van der Waals surface area contributed by atoms with Gasteiger partial charge in [0.2, 0.25) is 0 Å².